The molecule has 1 unspecified atom stereocenters. The van der Waals surface area contributed by atoms with Crippen LogP contribution in [-0.2, 0) is 10.3 Å². The van der Waals surface area contributed by atoms with Crippen molar-refractivity contribution >= 4 is 5.91 Å². The maximum absolute atomic E-state index is 12.7. The fourth-order valence-corrected chi connectivity index (χ4v) is 3.07. The average molecular weight is 289 g/mol. The molecule has 0 aromatic heterocycles. The highest BCUT2D eigenvalue weighted by atomic mass is 16.2. The van der Waals surface area contributed by atoms with Gasteiger partial charge in [0.25, 0.3) is 0 Å². The Morgan fingerprint density at radius 2 is 1.86 bits per heavy atom. The zero-order chi connectivity index (χ0) is 15.5. The van der Waals surface area contributed by atoms with Crippen LogP contribution in [0.1, 0.15) is 25.3 Å². The highest BCUT2D eigenvalue weighted by Gasteiger charge is 2.35. The number of rotatable bonds is 4. The number of piperidine rings is 1. The summed E-state index contributed by atoms with van der Waals surface area (Å²) in [7, 11) is 4.20. The molecule has 1 aromatic carbocycles. The Bertz CT molecular complexity index is 462. The summed E-state index contributed by atoms with van der Waals surface area (Å²) in [6.45, 7) is 4.55. The third-order valence-corrected chi connectivity index (χ3v) is 4.34. The Balaban J connectivity index is 1.98. The number of nitrogens with two attached hydrogens (primary N) is 1. The summed E-state index contributed by atoms with van der Waals surface area (Å²) in [5, 5.41) is 0. The molecule has 0 aliphatic carbocycles. The number of nitrogens with zero attached hydrogens (tertiary/aromatic N) is 2. The molecule has 21 heavy (non-hydrogen) atoms. The second-order valence-corrected chi connectivity index (χ2v) is 6.57. The molecular formula is C17H27N3O. The van der Waals surface area contributed by atoms with Gasteiger partial charge in [-0.3, -0.25) is 4.79 Å². The van der Waals surface area contributed by atoms with Gasteiger partial charge in [-0.25, -0.2) is 0 Å². The standard InChI is InChI=1S/C17H27N3O/c1-17(18,15-7-5-4-6-8-15)16(21)20-11-9-14(10-12-20)13-19(2)3/h4-8,14H,9-13,18H2,1-3H3. The number of benzene rings is 1. The van der Waals surface area contributed by atoms with Crippen molar-refractivity contribution in [3.05, 3.63) is 35.9 Å². The van der Waals surface area contributed by atoms with Crippen molar-refractivity contribution in [2.45, 2.75) is 25.3 Å². The van der Waals surface area contributed by atoms with Gasteiger partial charge >= 0.3 is 0 Å². The van der Waals surface area contributed by atoms with Crippen molar-refractivity contribution in [1.29, 1.82) is 0 Å². The van der Waals surface area contributed by atoms with E-state index in [1.807, 2.05) is 42.2 Å². The lowest BCUT2D eigenvalue weighted by molar-refractivity contribution is -0.138. The van der Waals surface area contributed by atoms with Crippen molar-refractivity contribution in [3.8, 4) is 0 Å². The lowest BCUT2D eigenvalue weighted by Gasteiger charge is -2.37. The van der Waals surface area contributed by atoms with Gasteiger partial charge in [-0.1, -0.05) is 30.3 Å². The molecule has 2 N–H and O–H groups in total. The topological polar surface area (TPSA) is 49.6 Å². The van der Waals surface area contributed by atoms with Gasteiger partial charge in [-0.15, -0.1) is 0 Å². The number of carbonyl (C=O) groups is 1. The molecule has 1 heterocycles. The molecule has 1 aromatic rings. The van der Waals surface area contributed by atoms with Crippen LogP contribution in [0.15, 0.2) is 30.3 Å². The third-order valence-electron chi connectivity index (χ3n) is 4.34. The van der Waals surface area contributed by atoms with E-state index in [4.69, 9.17) is 5.73 Å². The Labute approximate surface area is 127 Å². The maximum atomic E-state index is 12.7. The van der Waals surface area contributed by atoms with Crippen molar-refractivity contribution < 1.29 is 4.79 Å². The molecule has 4 heteroatoms. The van der Waals surface area contributed by atoms with E-state index in [9.17, 15) is 4.79 Å². The van der Waals surface area contributed by atoms with E-state index >= 15 is 0 Å². The quantitative estimate of drug-likeness (QED) is 0.917. The Morgan fingerprint density at radius 3 is 2.38 bits per heavy atom. The van der Waals surface area contributed by atoms with Crippen molar-refractivity contribution in [2.24, 2.45) is 11.7 Å². The first-order chi connectivity index (χ1) is 9.91. The van der Waals surface area contributed by atoms with E-state index in [1.165, 1.54) is 0 Å². The molecule has 116 valence electrons. The number of hydrogen-bond acceptors (Lipinski definition) is 3. The molecular weight excluding hydrogens is 262 g/mol. The summed E-state index contributed by atoms with van der Waals surface area (Å²) >= 11 is 0. The number of likely N-dealkylation sites (tertiary alicyclic amines) is 1. The summed E-state index contributed by atoms with van der Waals surface area (Å²) in [6.07, 6.45) is 2.13. The summed E-state index contributed by atoms with van der Waals surface area (Å²) < 4.78 is 0. The van der Waals surface area contributed by atoms with Gasteiger partial charge in [0.15, 0.2) is 0 Å². The van der Waals surface area contributed by atoms with Gasteiger partial charge < -0.3 is 15.5 Å². The SMILES string of the molecule is CN(C)CC1CCN(C(=O)C(C)(N)c2ccccc2)CC1. The highest BCUT2D eigenvalue weighted by molar-refractivity contribution is 5.87. The van der Waals surface area contributed by atoms with Crippen LogP contribution in [0.3, 0.4) is 0 Å². The zero-order valence-electron chi connectivity index (χ0n) is 13.4. The zero-order valence-corrected chi connectivity index (χ0v) is 13.4. The van der Waals surface area contributed by atoms with Gasteiger partial charge in [0.1, 0.15) is 5.54 Å². The van der Waals surface area contributed by atoms with Crippen LogP contribution in [0, 0.1) is 5.92 Å². The van der Waals surface area contributed by atoms with Gasteiger partial charge in [0, 0.05) is 19.6 Å². The molecule has 0 spiro atoms. The van der Waals surface area contributed by atoms with E-state index in [0.717, 1.165) is 38.0 Å². The van der Waals surface area contributed by atoms with Crippen molar-refractivity contribution in [1.82, 2.24) is 9.80 Å². The number of carbonyl (C=O) groups excluding carboxylic acids is 1. The first kappa shape index (κ1) is 16.0. The molecule has 1 aliphatic heterocycles. The first-order valence-electron chi connectivity index (χ1n) is 7.69. The largest absolute Gasteiger partial charge is 0.341 e. The minimum Gasteiger partial charge on any atom is -0.341 e. The first-order valence-corrected chi connectivity index (χ1v) is 7.69. The van der Waals surface area contributed by atoms with E-state index < -0.39 is 5.54 Å². The second kappa shape index (κ2) is 6.58. The molecule has 1 aliphatic rings. The van der Waals surface area contributed by atoms with Gasteiger partial charge in [0.2, 0.25) is 5.91 Å². The number of hydrogen-bond donors (Lipinski definition) is 1. The maximum Gasteiger partial charge on any atom is 0.246 e. The lowest BCUT2D eigenvalue weighted by Crippen LogP contribution is -2.53. The van der Waals surface area contributed by atoms with Crippen LogP contribution >= 0.6 is 0 Å². The minimum atomic E-state index is -0.935. The summed E-state index contributed by atoms with van der Waals surface area (Å²) in [5.41, 5.74) is 6.27. The average Bonchev–Trinajstić information content (AvgIpc) is 2.47. The van der Waals surface area contributed by atoms with Gasteiger partial charge in [-0.2, -0.15) is 0 Å². The summed E-state index contributed by atoms with van der Waals surface area (Å²) in [5.74, 6) is 0.724. The van der Waals surface area contributed by atoms with Crippen LogP contribution < -0.4 is 5.73 Å². The smallest absolute Gasteiger partial charge is 0.246 e. The Morgan fingerprint density at radius 1 is 1.29 bits per heavy atom. The van der Waals surface area contributed by atoms with Crippen LogP contribution in [0.25, 0.3) is 0 Å². The molecule has 1 saturated heterocycles. The van der Waals surface area contributed by atoms with Crippen molar-refractivity contribution in [3.63, 3.8) is 0 Å². The summed E-state index contributed by atoms with van der Waals surface area (Å²) in [4.78, 5) is 16.9. The molecule has 0 bridgehead atoms. The van der Waals surface area contributed by atoms with Gasteiger partial charge in [0.05, 0.1) is 0 Å². The van der Waals surface area contributed by atoms with Crippen LogP contribution in [0.5, 0.6) is 0 Å². The van der Waals surface area contributed by atoms with Crippen molar-refractivity contribution in [2.75, 3.05) is 33.7 Å². The molecule has 4 nitrogen and oxygen atoms in total. The highest BCUT2D eigenvalue weighted by Crippen LogP contribution is 2.24. The molecule has 1 amide bonds. The molecule has 1 atom stereocenters. The third kappa shape index (κ3) is 3.83. The predicted octanol–water partition coefficient (Wildman–Crippen LogP) is 1.66. The molecule has 0 radical (unpaired) electrons. The fraction of sp³-hybridized carbons (Fsp3) is 0.588. The summed E-state index contributed by atoms with van der Waals surface area (Å²) in [6, 6.07) is 9.65. The van der Waals surface area contributed by atoms with E-state index in [-0.39, 0.29) is 5.91 Å². The number of amides is 1. The van der Waals surface area contributed by atoms with E-state index in [1.54, 1.807) is 0 Å². The van der Waals surface area contributed by atoms with Crippen LogP contribution in [0.4, 0.5) is 0 Å². The normalized spacial score (nSPS) is 19.6. The van der Waals surface area contributed by atoms with E-state index in [0.29, 0.717) is 5.92 Å². The van der Waals surface area contributed by atoms with Crippen LogP contribution in [0.2, 0.25) is 0 Å². The molecule has 1 fully saturated rings. The van der Waals surface area contributed by atoms with E-state index in [2.05, 4.69) is 19.0 Å². The molecule has 2 rings (SSSR count). The fourth-order valence-electron chi connectivity index (χ4n) is 3.07. The van der Waals surface area contributed by atoms with Crippen LogP contribution in [-0.4, -0.2) is 49.4 Å². The lowest BCUT2D eigenvalue weighted by atomic mass is 9.89. The monoisotopic (exact) mass is 289 g/mol. The Hall–Kier alpha value is -1.39. The second-order valence-electron chi connectivity index (χ2n) is 6.57. The van der Waals surface area contributed by atoms with Gasteiger partial charge in [-0.05, 0) is 45.3 Å². The predicted molar refractivity (Wildman–Crippen MR) is 85.8 cm³/mol. The Kier molecular flexibility index (Phi) is 5.01. The minimum absolute atomic E-state index is 0.0389. The molecule has 0 saturated carbocycles.